The summed E-state index contributed by atoms with van der Waals surface area (Å²) in [5, 5.41) is 0. The van der Waals surface area contributed by atoms with Crippen molar-refractivity contribution in [3.63, 3.8) is 0 Å². The highest BCUT2D eigenvalue weighted by Gasteiger charge is 2.21. The van der Waals surface area contributed by atoms with Crippen LogP contribution in [0.2, 0.25) is 0 Å². The maximum Gasteiger partial charge on any atom is 0.225 e. The summed E-state index contributed by atoms with van der Waals surface area (Å²) in [5.41, 5.74) is 7.07. The lowest BCUT2D eigenvalue weighted by Gasteiger charge is -2.30. The molecule has 122 valence electrons. The average molecular weight is 304 g/mol. The number of hydrogen-bond donors (Lipinski definition) is 1. The van der Waals surface area contributed by atoms with E-state index >= 15 is 0 Å². The number of nitrogens with zero attached hydrogens (tertiary/aromatic N) is 1. The van der Waals surface area contributed by atoms with Crippen molar-refractivity contribution in [1.29, 1.82) is 0 Å². The van der Waals surface area contributed by atoms with Gasteiger partial charge in [0.1, 0.15) is 5.75 Å². The van der Waals surface area contributed by atoms with Crippen LogP contribution in [0.25, 0.3) is 0 Å². The van der Waals surface area contributed by atoms with Crippen molar-refractivity contribution in [3.8, 4) is 5.75 Å². The highest BCUT2D eigenvalue weighted by atomic mass is 16.5. The first-order valence-corrected chi connectivity index (χ1v) is 8.13. The first-order chi connectivity index (χ1) is 10.4. The lowest BCUT2D eigenvalue weighted by molar-refractivity contribution is -0.132. The highest BCUT2D eigenvalue weighted by Crippen LogP contribution is 2.30. The van der Waals surface area contributed by atoms with E-state index in [1.165, 1.54) is 5.56 Å². The molecular formula is C18H28N2O2. The first-order valence-electron chi connectivity index (χ1n) is 8.13. The number of benzene rings is 1. The van der Waals surface area contributed by atoms with E-state index in [4.69, 9.17) is 10.5 Å². The van der Waals surface area contributed by atoms with Gasteiger partial charge in [0.25, 0.3) is 0 Å². The molecule has 0 saturated carbocycles. The zero-order valence-corrected chi connectivity index (χ0v) is 14.0. The number of para-hydroxylation sites is 1. The third-order valence-electron chi connectivity index (χ3n) is 4.16. The Balaban J connectivity index is 1.85. The molecule has 1 aliphatic heterocycles. The van der Waals surface area contributed by atoms with Crippen molar-refractivity contribution in [1.82, 2.24) is 4.90 Å². The van der Waals surface area contributed by atoms with Gasteiger partial charge in [-0.05, 0) is 29.9 Å². The molecule has 0 spiro atoms. The predicted octanol–water partition coefficient (Wildman–Crippen LogP) is 2.70. The monoisotopic (exact) mass is 304 g/mol. The molecule has 1 aromatic rings. The number of rotatable bonds is 4. The van der Waals surface area contributed by atoms with Crippen LogP contribution < -0.4 is 10.5 Å². The number of likely N-dealkylation sites (tertiary alicyclic amines) is 1. The topological polar surface area (TPSA) is 55.6 Å². The number of carbonyl (C=O) groups is 1. The van der Waals surface area contributed by atoms with Gasteiger partial charge in [-0.15, -0.1) is 0 Å². The van der Waals surface area contributed by atoms with E-state index < -0.39 is 0 Å². The largest absolute Gasteiger partial charge is 0.493 e. The van der Waals surface area contributed by atoms with E-state index in [9.17, 15) is 4.79 Å². The number of ether oxygens (including phenoxy) is 1. The van der Waals surface area contributed by atoms with Crippen LogP contribution >= 0.6 is 0 Å². The third-order valence-corrected chi connectivity index (χ3v) is 4.16. The van der Waals surface area contributed by atoms with Crippen molar-refractivity contribution in [2.75, 3.05) is 19.7 Å². The van der Waals surface area contributed by atoms with Crippen LogP contribution in [0.3, 0.4) is 0 Å². The van der Waals surface area contributed by atoms with Crippen LogP contribution in [0.4, 0.5) is 0 Å². The van der Waals surface area contributed by atoms with Gasteiger partial charge in [-0.1, -0.05) is 39.0 Å². The van der Waals surface area contributed by atoms with Gasteiger partial charge < -0.3 is 15.4 Å². The summed E-state index contributed by atoms with van der Waals surface area (Å²) in [6, 6.07) is 8.31. The molecule has 1 aromatic carbocycles. The Labute approximate surface area is 133 Å². The van der Waals surface area contributed by atoms with Crippen molar-refractivity contribution >= 4 is 5.91 Å². The fourth-order valence-corrected chi connectivity index (χ4v) is 2.77. The number of piperidine rings is 1. The van der Waals surface area contributed by atoms with E-state index in [1.807, 2.05) is 23.1 Å². The van der Waals surface area contributed by atoms with Gasteiger partial charge in [0.15, 0.2) is 0 Å². The molecule has 0 aromatic heterocycles. The fraction of sp³-hybridized carbons (Fsp3) is 0.611. The van der Waals surface area contributed by atoms with Crippen molar-refractivity contribution in [2.45, 2.75) is 51.5 Å². The van der Waals surface area contributed by atoms with Crippen LogP contribution in [0.15, 0.2) is 24.3 Å². The molecule has 1 heterocycles. The molecule has 4 heteroatoms. The Morgan fingerprint density at radius 2 is 1.91 bits per heavy atom. The minimum atomic E-state index is 0.0314. The number of amides is 1. The maximum atomic E-state index is 12.2. The zero-order valence-electron chi connectivity index (χ0n) is 14.0. The van der Waals surface area contributed by atoms with Crippen molar-refractivity contribution in [3.05, 3.63) is 29.8 Å². The molecule has 0 aliphatic carbocycles. The van der Waals surface area contributed by atoms with Gasteiger partial charge in [-0.25, -0.2) is 0 Å². The number of carbonyl (C=O) groups excluding carboxylic acids is 1. The molecule has 0 bridgehead atoms. The van der Waals surface area contributed by atoms with Gasteiger partial charge >= 0.3 is 0 Å². The molecule has 0 unspecified atom stereocenters. The minimum absolute atomic E-state index is 0.0314. The Morgan fingerprint density at radius 1 is 1.27 bits per heavy atom. The normalized spacial score (nSPS) is 16.6. The van der Waals surface area contributed by atoms with Crippen LogP contribution in [0.5, 0.6) is 5.75 Å². The van der Waals surface area contributed by atoms with E-state index in [1.54, 1.807) is 0 Å². The Kier molecular flexibility index (Phi) is 5.46. The van der Waals surface area contributed by atoms with Crippen molar-refractivity contribution < 1.29 is 9.53 Å². The summed E-state index contributed by atoms with van der Waals surface area (Å²) in [6.07, 6.45) is 2.23. The molecule has 22 heavy (non-hydrogen) atoms. The summed E-state index contributed by atoms with van der Waals surface area (Å²) in [6.45, 7) is 8.47. The van der Waals surface area contributed by atoms with E-state index in [2.05, 4.69) is 26.8 Å². The molecule has 0 atom stereocenters. The number of hydrogen-bond acceptors (Lipinski definition) is 3. The second kappa shape index (κ2) is 7.14. The Bertz CT molecular complexity index is 500. The minimum Gasteiger partial charge on any atom is -0.493 e. The lowest BCUT2D eigenvalue weighted by atomic mass is 9.86. The molecule has 0 radical (unpaired) electrons. The lowest BCUT2D eigenvalue weighted by Crippen LogP contribution is -2.43. The molecular weight excluding hydrogens is 276 g/mol. The Hall–Kier alpha value is -1.55. The summed E-state index contributed by atoms with van der Waals surface area (Å²) in [4.78, 5) is 14.1. The summed E-state index contributed by atoms with van der Waals surface area (Å²) < 4.78 is 5.87. The van der Waals surface area contributed by atoms with Crippen LogP contribution in [0, 0.1) is 0 Å². The van der Waals surface area contributed by atoms with E-state index in [-0.39, 0.29) is 17.4 Å². The molecule has 1 amide bonds. The zero-order chi connectivity index (χ0) is 16.2. The predicted molar refractivity (Wildman–Crippen MR) is 89.0 cm³/mol. The smallest absolute Gasteiger partial charge is 0.225 e. The van der Waals surface area contributed by atoms with Crippen molar-refractivity contribution in [2.24, 2.45) is 5.73 Å². The van der Waals surface area contributed by atoms with Gasteiger partial charge in [0, 0.05) is 19.1 Å². The average Bonchev–Trinajstić information content (AvgIpc) is 2.47. The van der Waals surface area contributed by atoms with E-state index in [0.717, 1.165) is 31.7 Å². The SMILES string of the molecule is CC(C)(C)c1ccccc1OCCC(=O)N1CCC(N)CC1. The highest BCUT2D eigenvalue weighted by molar-refractivity contribution is 5.76. The first kappa shape index (κ1) is 16.8. The maximum absolute atomic E-state index is 12.2. The van der Waals surface area contributed by atoms with Gasteiger partial charge in [-0.3, -0.25) is 4.79 Å². The second-order valence-electron chi connectivity index (χ2n) is 7.06. The van der Waals surface area contributed by atoms with E-state index in [0.29, 0.717) is 13.0 Å². The Morgan fingerprint density at radius 3 is 2.55 bits per heavy atom. The molecule has 1 aliphatic rings. The summed E-state index contributed by atoms with van der Waals surface area (Å²) >= 11 is 0. The van der Waals surface area contributed by atoms with Gasteiger partial charge in [-0.2, -0.15) is 0 Å². The van der Waals surface area contributed by atoms with Crippen LogP contribution in [-0.2, 0) is 10.2 Å². The van der Waals surface area contributed by atoms with Gasteiger partial charge in [0.2, 0.25) is 5.91 Å². The molecule has 2 rings (SSSR count). The number of nitrogens with two attached hydrogens (primary N) is 1. The molecule has 2 N–H and O–H groups in total. The standard InChI is InChI=1S/C18H28N2O2/c1-18(2,3)15-6-4-5-7-16(15)22-13-10-17(21)20-11-8-14(19)9-12-20/h4-7,14H,8-13,19H2,1-3H3. The van der Waals surface area contributed by atoms with Gasteiger partial charge in [0.05, 0.1) is 13.0 Å². The quantitative estimate of drug-likeness (QED) is 0.930. The second-order valence-corrected chi connectivity index (χ2v) is 7.06. The summed E-state index contributed by atoms with van der Waals surface area (Å²) in [5.74, 6) is 1.05. The summed E-state index contributed by atoms with van der Waals surface area (Å²) in [7, 11) is 0. The van der Waals surface area contributed by atoms with Crippen LogP contribution in [0.1, 0.15) is 45.6 Å². The molecule has 4 nitrogen and oxygen atoms in total. The fourth-order valence-electron chi connectivity index (χ4n) is 2.77. The van der Waals surface area contributed by atoms with Crippen LogP contribution in [-0.4, -0.2) is 36.5 Å². The molecule has 1 fully saturated rings. The molecule has 1 saturated heterocycles. The third kappa shape index (κ3) is 4.47.